The fourth-order valence-corrected chi connectivity index (χ4v) is 2.67. The Hall–Kier alpha value is -1.60. The molecule has 0 saturated carbocycles. The van der Waals surface area contributed by atoms with Gasteiger partial charge >= 0.3 is 0 Å². The number of benzene rings is 2. The summed E-state index contributed by atoms with van der Waals surface area (Å²) >= 11 is 0. The molecule has 0 aliphatic carbocycles. The first-order chi connectivity index (χ1) is 9.31. The highest BCUT2D eigenvalue weighted by atomic mass is 14.6. The first kappa shape index (κ1) is 13.8. The first-order valence-electron chi connectivity index (χ1n) is 7.15. The van der Waals surface area contributed by atoms with Crippen LogP contribution >= 0.6 is 0 Å². The van der Waals surface area contributed by atoms with Gasteiger partial charge < -0.3 is 5.73 Å². The molecule has 0 aliphatic rings. The second-order valence-corrected chi connectivity index (χ2v) is 5.11. The molecule has 1 nitrogen and oxygen atoms in total. The maximum Gasteiger partial charge on any atom is 0.0111 e. The maximum atomic E-state index is 6.41. The summed E-state index contributed by atoms with van der Waals surface area (Å²) in [6.07, 6.45) is 3.20. The Bertz CT molecular complexity index is 464. The lowest BCUT2D eigenvalue weighted by atomic mass is 9.86. The van der Waals surface area contributed by atoms with E-state index < -0.39 is 0 Å². The molecule has 0 amide bonds. The Labute approximate surface area is 116 Å². The molecular weight excluding hydrogens is 230 g/mol. The summed E-state index contributed by atoms with van der Waals surface area (Å²) in [5.74, 6) is 0.463. The molecule has 1 heteroatoms. The molecular formula is C18H23N. The van der Waals surface area contributed by atoms with E-state index in [2.05, 4.69) is 67.6 Å². The van der Waals surface area contributed by atoms with Crippen molar-refractivity contribution in [3.63, 3.8) is 0 Å². The van der Waals surface area contributed by atoms with Crippen LogP contribution in [-0.4, -0.2) is 6.04 Å². The third-order valence-electron chi connectivity index (χ3n) is 3.79. The Kier molecular flexibility index (Phi) is 5.17. The quantitative estimate of drug-likeness (QED) is 0.822. The van der Waals surface area contributed by atoms with Crippen molar-refractivity contribution in [1.82, 2.24) is 0 Å². The molecule has 0 aromatic heterocycles. The number of nitrogens with two attached hydrogens (primary N) is 1. The van der Waals surface area contributed by atoms with E-state index >= 15 is 0 Å². The van der Waals surface area contributed by atoms with E-state index in [-0.39, 0.29) is 6.04 Å². The smallest absolute Gasteiger partial charge is 0.0111 e. The molecule has 100 valence electrons. The van der Waals surface area contributed by atoms with Crippen LogP contribution in [0.2, 0.25) is 0 Å². The number of aryl methyl sites for hydroxylation is 1. The van der Waals surface area contributed by atoms with Gasteiger partial charge in [-0.2, -0.15) is 0 Å². The van der Waals surface area contributed by atoms with Crippen LogP contribution in [-0.2, 0) is 6.42 Å². The SMILES string of the molecule is CCC(c1ccccc1)C(N)CCc1ccccc1. The zero-order valence-electron chi connectivity index (χ0n) is 11.6. The summed E-state index contributed by atoms with van der Waals surface area (Å²) < 4.78 is 0. The summed E-state index contributed by atoms with van der Waals surface area (Å²) in [5, 5.41) is 0. The molecule has 0 radical (unpaired) electrons. The van der Waals surface area contributed by atoms with E-state index in [4.69, 9.17) is 5.73 Å². The van der Waals surface area contributed by atoms with Gasteiger partial charge in [0.2, 0.25) is 0 Å². The van der Waals surface area contributed by atoms with Gasteiger partial charge in [-0.15, -0.1) is 0 Å². The molecule has 2 unspecified atom stereocenters. The zero-order chi connectivity index (χ0) is 13.5. The molecule has 0 heterocycles. The molecule has 0 aliphatic heterocycles. The molecule has 0 bridgehead atoms. The Morgan fingerprint density at radius 1 is 0.895 bits per heavy atom. The van der Waals surface area contributed by atoms with Crippen molar-refractivity contribution >= 4 is 0 Å². The van der Waals surface area contributed by atoms with E-state index in [0.29, 0.717) is 5.92 Å². The predicted molar refractivity (Wildman–Crippen MR) is 82.2 cm³/mol. The van der Waals surface area contributed by atoms with Crippen LogP contribution in [0.5, 0.6) is 0 Å². The molecule has 2 atom stereocenters. The minimum absolute atomic E-state index is 0.229. The molecule has 2 aromatic rings. The lowest BCUT2D eigenvalue weighted by Crippen LogP contribution is -2.28. The van der Waals surface area contributed by atoms with Crippen LogP contribution < -0.4 is 5.73 Å². The van der Waals surface area contributed by atoms with E-state index in [1.165, 1.54) is 11.1 Å². The average Bonchev–Trinajstić information content (AvgIpc) is 2.48. The largest absolute Gasteiger partial charge is 0.327 e. The van der Waals surface area contributed by atoms with Gasteiger partial charge in [0.05, 0.1) is 0 Å². The Morgan fingerprint density at radius 3 is 2.05 bits per heavy atom. The molecule has 0 saturated heterocycles. The normalized spacial score (nSPS) is 14.0. The standard InChI is InChI=1S/C18H23N/c1-2-17(16-11-7-4-8-12-16)18(19)14-13-15-9-5-3-6-10-15/h3-12,17-18H,2,13-14,19H2,1H3. The van der Waals surface area contributed by atoms with E-state index in [1.807, 2.05) is 0 Å². The van der Waals surface area contributed by atoms with Gasteiger partial charge in [-0.1, -0.05) is 67.6 Å². The van der Waals surface area contributed by atoms with Gasteiger partial charge in [-0.05, 0) is 36.3 Å². The second kappa shape index (κ2) is 7.10. The molecule has 2 aromatic carbocycles. The predicted octanol–water partition coefficient (Wildman–Crippen LogP) is 4.14. The van der Waals surface area contributed by atoms with Crippen molar-refractivity contribution in [3.8, 4) is 0 Å². The highest BCUT2D eigenvalue weighted by Crippen LogP contribution is 2.24. The number of hydrogen-bond donors (Lipinski definition) is 1. The molecule has 0 spiro atoms. The van der Waals surface area contributed by atoms with Crippen LogP contribution in [0.4, 0.5) is 0 Å². The fourth-order valence-electron chi connectivity index (χ4n) is 2.67. The van der Waals surface area contributed by atoms with Crippen LogP contribution in [0.15, 0.2) is 60.7 Å². The minimum atomic E-state index is 0.229. The Balaban J connectivity index is 1.96. The van der Waals surface area contributed by atoms with Crippen molar-refractivity contribution in [2.45, 2.75) is 38.1 Å². The van der Waals surface area contributed by atoms with Gasteiger partial charge in [0.15, 0.2) is 0 Å². The van der Waals surface area contributed by atoms with Gasteiger partial charge in [-0.3, -0.25) is 0 Å². The van der Waals surface area contributed by atoms with Crippen molar-refractivity contribution in [2.75, 3.05) is 0 Å². The minimum Gasteiger partial charge on any atom is -0.327 e. The van der Waals surface area contributed by atoms with E-state index in [0.717, 1.165) is 19.3 Å². The van der Waals surface area contributed by atoms with Crippen molar-refractivity contribution in [3.05, 3.63) is 71.8 Å². The van der Waals surface area contributed by atoms with Crippen LogP contribution in [0.1, 0.15) is 36.8 Å². The maximum absolute atomic E-state index is 6.41. The summed E-state index contributed by atoms with van der Waals surface area (Å²) in [4.78, 5) is 0. The van der Waals surface area contributed by atoms with Crippen molar-refractivity contribution in [1.29, 1.82) is 0 Å². The third kappa shape index (κ3) is 3.93. The topological polar surface area (TPSA) is 26.0 Å². The summed E-state index contributed by atoms with van der Waals surface area (Å²) in [6, 6.07) is 21.5. The van der Waals surface area contributed by atoms with Crippen LogP contribution in [0.25, 0.3) is 0 Å². The van der Waals surface area contributed by atoms with Crippen LogP contribution in [0.3, 0.4) is 0 Å². The van der Waals surface area contributed by atoms with Gasteiger partial charge in [0, 0.05) is 6.04 Å². The highest BCUT2D eigenvalue weighted by molar-refractivity contribution is 5.21. The molecule has 0 fully saturated rings. The van der Waals surface area contributed by atoms with Gasteiger partial charge in [-0.25, -0.2) is 0 Å². The van der Waals surface area contributed by atoms with Crippen molar-refractivity contribution < 1.29 is 0 Å². The van der Waals surface area contributed by atoms with E-state index in [9.17, 15) is 0 Å². The average molecular weight is 253 g/mol. The summed E-state index contributed by atoms with van der Waals surface area (Å²) in [6.45, 7) is 2.22. The number of hydrogen-bond acceptors (Lipinski definition) is 1. The monoisotopic (exact) mass is 253 g/mol. The second-order valence-electron chi connectivity index (χ2n) is 5.11. The molecule has 2 N–H and O–H groups in total. The summed E-state index contributed by atoms with van der Waals surface area (Å²) in [5.41, 5.74) is 9.15. The lowest BCUT2D eigenvalue weighted by molar-refractivity contribution is 0.488. The fraction of sp³-hybridized carbons (Fsp3) is 0.333. The summed E-state index contributed by atoms with van der Waals surface area (Å²) in [7, 11) is 0. The molecule has 19 heavy (non-hydrogen) atoms. The Morgan fingerprint density at radius 2 is 1.47 bits per heavy atom. The molecule has 2 rings (SSSR count). The zero-order valence-corrected chi connectivity index (χ0v) is 11.6. The van der Waals surface area contributed by atoms with Gasteiger partial charge in [0.25, 0.3) is 0 Å². The highest BCUT2D eigenvalue weighted by Gasteiger charge is 2.17. The first-order valence-corrected chi connectivity index (χ1v) is 7.15. The third-order valence-corrected chi connectivity index (χ3v) is 3.79. The lowest BCUT2D eigenvalue weighted by Gasteiger charge is -2.23. The van der Waals surface area contributed by atoms with E-state index in [1.54, 1.807) is 0 Å². The number of rotatable bonds is 6. The van der Waals surface area contributed by atoms with Gasteiger partial charge in [0.1, 0.15) is 0 Å². The van der Waals surface area contributed by atoms with Crippen LogP contribution in [0, 0.1) is 0 Å². The van der Waals surface area contributed by atoms with Crippen molar-refractivity contribution in [2.24, 2.45) is 5.73 Å².